The molecular weight excluding hydrogens is 484 g/mol. The lowest BCUT2D eigenvalue weighted by Gasteiger charge is -2.33. The second-order valence-corrected chi connectivity index (χ2v) is 10.8. The fourth-order valence-corrected chi connectivity index (χ4v) is 5.37. The summed E-state index contributed by atoms with van der Waals surface area (Å²) in [5, 5.41) is 3.46. The van der Waals surface area contributed by atoms with Crippen LogP contribution in [-0.4, -0.2) is 40.4 Å². The van der Waals surface area contributed by atoms with Crippen molar-refractivity contribution in [1.82, 2.24) is 4.98 Å². The van der Waals surface area contributed by atoms with Crippen LogP contribution in [0.4, 0.5) is 5.82 Å². The highest BCUT2D eigenvalue weighted by molar-refractivity contribution is 7.85. The van der Waals surface area contributed by atoms with Crippen LogP contribution in [0.2, 0.25) is 5.02 Å². The second kappa shape index (κ2) is 10.8. The molecule has 6 nitrogen and oxygen atoms in total. The minimum absolute atomic E-state index is 0.0226. The Hall–Kier alpha value is -2.87. The summed E-state index contributed by atoms with van der Waals surface area (Å²) < 4.78 is 17.1. The van der Waals surface area contributed by atoms with Gasteiger partial charge in [-0.2, -0.15) is 0 Å². The average Bonchev–Trinajstić information content (AvgIpc) is 2.85. The SMILES string of the molecule is COCCS(=O)c1ccc(CC(=O)Nc2ccc3c(n2)CCC(C)(c2ccc(Cl)cc2)C3=O)cc1. The third-order valence-electron chi connectivity index (χ3n) is 6.35. The maximum atomic E-state index is 13.3. The van der Waals surface area contributed by atoms with Gasteiger partial charge in [0.1, 0.15) is 5.82 Å². The monoisotopic (exact) mass is 510 g/mol. The lowest BCUT2D eigenvalue weighted by atomic mass is 9.69. The van der Waals surface area contributed by atoms with E-state index < -0.39 is 16.2 Å². The quantitative estimate of drug-likeness (QED) is 0.472. The molecule has 1 amide bonds. The zero-order chi connectivity index (χ0) is 25.0. The summed E-state index contributed by atoms with van der Waals surface area (Å²) in [6, 6.07) is 18.0. The molecule has 2 aromatic carbocycles. The molecule has 4 rings (SSSR count). The Balaban J connectivity index is 1.41. The first-order valence-corrected chi connectivity index (χ1v) is 13.1. The molecule has 3 aromatic rings. The van der Waals surface area contributed by atoms with Gasteiger partial charge in [-0.25, -0.2) is 4.98 Å². The van der Waals surface area contributed by atoms with Crippen LogP contribution in [0.5, 0.6) is 0 Å². The number of carbonyl (C=O) groups excluding carboxylic acids is 2. The molecule has 0 aliphatic heterocycles. The van der Waals surface area contributed by atoms with Gasteiger partial charge in [-0.15, -0.1) is 0 Å². The van der Waals surface area contributed by atoms with Crippen LogP contribution in [0, 0.1) is 0 Å². The second-order valence-electron chi connectivity index (χ2n) is 8.77. The highest BCUT2D eigenvalue weighted by atomic mass is 35.5. The largest absolute Gasteiger partial charge is 0.384 e. The summed E-state index contributed by atoms with van der Waals surface area (Å²) in [6.07, 6.45) is 1.42. The van der Waals surface area contributed by atoms with Gasteiger partial charge in [0.2, 0.25) is 5.91 Å². The highest BCUT2D eigenvalue weighted by Crippen LogP contribution is 2.38. The van der Waals surface area contributed by atoms with Crippen molar-refractivity contribution in [3.63, 3.8) is 0 Å². The Morgan fingerprint density at radius 3 is 2.51 bits per heavy atom. The topological polar surface area (TPSA) is 85.4 Å². The van der Waals surface area contributed by atoms with Crippen LogP contribution < -0.4 is 5.32 Å². The summed E-state index contributed by atoms with van der Waals surface area (Å²) in [5.41, 5.74) is 2.39. The lowest BCUT2D eigenvalue weighted by molar-refractivity contribution is -0.115. The van der Waals surface area contributed by atoms with Crippen molar-refractivity contribution in [1.29, 1.82) is 0 Å². The molecule has 0 radical (unpaired) electrons. The number of carbonyl (C=O) groups is 2. The van der Waals surface area contributed by atoms with Crippen LogP contribution in [-0.2, 0) is 38.6 Å². The van der Waals surface area contributed by atoms with Gasteiger partial charge in [0, 0.05) is 22.6 Å². The van der Waals surface area contributed by atoms with Gasteiger partial charge >= 0.3 is 0 Å². The molecule has 0 saturated carbocycles. The van der Waals surface area contributed by atoms with Crippen molar-refractivity contribution < 1.29 is 18.5 Å². The first-order valence-electron chi connectivity index (χ1n) is 11.4. The van der Waals surface area contributed by atoms with E-state index in [1.807, 2.05) is 19.1 Å². The van der Waals surface area contributed by atoms with Crippen LogP contribution in [0.3, 0.4) is 0 Å². The highest BCUT2D eigenvalue weighted by Gasteiger charge is 2.40. The lowest BCUT2D eigenvalue weighted by Crippen LogP contribution is -2.37. The number of aromatic nitrogens is 1. The number of halogens is 1. The predicted molar refractivity (Wildman–Crippen MR) is 138 cm³/mol. The van der Waals surface area contributed by atoms with E-state index in [0.29, 0.717) is 52.2 Å². The Bertz CT molecular complexity index is 1260. The fraction of sp³-hybridized carbons (Fsp3) is 0.296. The number of nitrogens with zero attached hydrogens (tertiary/aromatic N) is 1. The fourth-order valence-electron chi connectivity index (χ4n) is 4.25. The Morgan fingerprint density at radius 1 is 1.11 bits per heavy atom. The number of amides is 1. The minimum atomic E-state index is -1.13. The molecule has 1 heterocycles. The molecule has 0 bridgehead atoms. The number of anilines is 1. The number of methoxy groups -OCH3 is 1. The summed E-state index contributed by atoms with van der Waals surface area (Å²) in [7, 11) is 0.448. The van der Waals surface area contributed by atoms with Crippen LogP contribution in [0.15, 0.2) is 65.6 Å². The van der Waals surface area contributed by atoms with Crippen molar-refractivity contribution in [3.8, 4) is 0 Å². The molecule has 182 valence electrons. The minimum Gasteiger partial charge on any atom is -0.384 e. The summed E-state index contributed by atoms with van der Waals surface area (Å²) >= 11 is 6.01. The van der Waals surface area contributed by atoms with Crippen molar-refractivity contribution in [2.75, 3.05) is 24.8 Å². The third-order valence-corrected chi connectivity index (χ3v) is 7.94. The molecule has 1 aliphatic carbocycles. The number of ketones is 1. The number of pyridine rings is 1. The third kappa shape index (κ3) is 5.69. The standard InChI is InChI=1S/C27H27ClN2O4S/c1-27(19-5-7-20(28)8-6-19)14-13-23-22(26(27)32)11-12-24(29-23)30-25(31)17-18-3-9-21(10-4-18)35(33)16-15-34-2/h3-12H,13-17H2,1-2H3,(H,29,30,31). The first-order chi connectivity index (χ1) is 16.8. The number of fused-ring (bicyclic) bond motifs is 1. The first kappa shape index (κ1) is 25.2. The average molecular weight is 511 g/mol. The van der Waals surface area contributed by atoms with Gasteiger partial charge < -0.3 is 10.1 Å². The number of ether oxygens (including phenoxy) is 1. The maximum Gasteiger partial charge on any atom is 0.229 e. The van der Waals surface area contributed by atoms with E-state index in [4.69, 9.17) is 16.3 Å². The molecule has 2 unspecified atom stereocenters. The molecule has 1 N–H and O–H groups in total. The van der Waals surface area contributed by atoms with Gasteiger partial charge in [-0.1, -0.05) is 35.9 Å². The van der Waals surface area contributed by atoms with Gasteiger partial charge in [-0.05, 0) is 67.3 Å². The Morgan fingerprint density at radius 2 is 1.83 bits per heavy atom. The number of rotatable bonds is 8. The molecular formula is C27H27ClN2O4S. The van der Waals surface area contributed by atoms with E-state index in [1.54, 1.807) is 55.6 Å². The molecule has 35 heavy (non-hydrogen) atoms. The number of aryl methyl sites for hydroxylation is 1. The molecule has 8 heteroatoms. The zero-order valence-corrected chi connectivity index (χ0v) is 21.2. The number of hydrogen-bond donors (Lipinski definition) is 1. The van der Waals surface area contributed by atoms with E-state index in [2.05, 4.69) is 10.3 Å². The van der Waals surface area contributed by atoms with Gasteiger partial charge in [0.15, 0.2) is 5.78 Å². The smallest absolute Gasteiger partial charge is 0.229 e. The Labute approximate surface area is 212 Å². The molecule has 1 aliphatic rings. The number of nitrogens with one attached hydrogen (secondary N) is 1. The van der Waals surface area contributed by atoms with E-state index in [9.17, 15) is 13.8 Å². The number of benzene rings is 2. The van der Waals surface area contributed by atoms with Crippen molar-refractivity contribution >= 4 is 39.9 Å². The van der Waals surface area contributed by atoms with Crippen LogP contribution in [0.1, 0.15) is 40.5 Å². The van der Waals surface area contributed by atoms with Crippen LogP contribution in [0.25, 0.3) is 0 Å². The van der Waals surface area contributed by atoms with Crippen LogP contribution >= 0.6 is 11.6 Å². The number of Topliss-reactive ketones (excluding diaryl/α,β-unsaturated/α-hetero) is 1. The van der Waals surface area contributed by atoms with E-state index >= 15 is 0 Å². The number of hydrogen-bond acceptors (Lipinski definition) is 5. The van der Waals surface area contributed by atoms with Crippen molar-refractivity contribution in [3.05, 3.63) is 88.1 Å². The molecule has 1 aromatic heterocycles. The normalized spacial score (nSPS) is 18.1. The maximum absolute atomic E-state index is 13.3. The van der Waals surface area contributed by atoms with Gasteiger partial charge in [0.05, 0.1) is 40.7 Å². The van der Waals surface area contributed by atoms with Crippen molar-refractivity contribution in [2.24, 2.45) is 0 Å². The van der Waals surface area contributed by atoms with E-state index in [-0.39, 0.29) is 18.1 Å². The van der Waals surface area contributed by atoms with Gasteiger partial charge in [-0.3, -0.25) is 13.8 Å². The molecule has 0 fully saturated rings. The summed E-state index contributed by atoms with van der Waals surface area (Å²) in [5.74, 6) is 0.670. The van der Waals surface area contributed by atoms with Crippen molar-refractivity contribution in [2.45, 2.75) is 36.5 Å². The van der Waals surface area contributed by atoms with E-state index in [1.165, 1.54) is 0 Å². The molecule has 2 atom stereocenters. The molecule has 0 saturated heterocycles. The summed E-state index contributed by atoms with van der Waals surface area (Å²) in [4.78, 5) is 31.2. The zero-order valence-electron chi connectivity index (χ0n) is 19.7. The van der Waals surface area contributed by atoms with Gasteiger partial charge in [0.25, 0.3) is 0 Å². The summed E-state index contributed by atoms with van der Waals surface area (Å²) in [6.45, 7) is 2.38. The molecule has 0 spiro atoms. The Kier molecular flexibility index (Phi) is 7.79. The predicted octanol–water partition coefficient (Wildman–Crippen LogP) is 4.76. The van der Waals surface area contributed by atoms with E-state index in [0.717, 1.165) is 11.1 Å².